The van der Waals surface area contributed by atoms with Gasteiger partial charge in [-0.25, -0.2) is 0 Å². The molecule has 0 aliphatic heterocycles. The molecule has 3 aromatic heterocycles. The number of nitrogens with zero attached hydrogens (tertiary/aromatic N) is 5. The predicted molar refractivity (Wildman–Crippen MR) is 124 cm³/mol. The van der Waals surface area contributed by atoms with Gasteiger partial charge in [-0.2, -0.15) is 4.52 Å². The summed E-state index contributed by atoms with van der Waals surface area (Å²) < 4.78 is 7.30. The molecule has 1 N–H and O–H groups in total. The maximum absolute atomic E-state index is 5.84. The smallest absolute Gasteiger partial charge is 0.184 e. The molecule has 0 atom stereocenters. The predicted octanol–water partition coefficient (Wildman–Crippen LogP) is 4.25. The third-order valence-electron chi connectivity index (χ3n) is 6.18. The molecule has 0 bridgehead atoms. The average molecular weight is 435 g/mol. The topological polar surface area (TPSA) is 71.5 Å². The molecular weight excluding hydrogens is 408 g/mol. The Balaban J connectivity index is 1.48. The van der Waals surface area contributed by atoms with Gasteiger partial charge in [0.25, 0.3) is 0 Å². The first-order chi connectivity index (χ1) is 15.2. The summed E-state index contributed by atoms with van der Waals surface area (Å²) in [7, 11) is 0. The molecule has 1 aromatic carbocycles. The van der Waals surface area contributed by atoms with Crippen LogP contribution in [0.25, 0.3) is 16.6 Å². The number of hydrogen-bond acceptors (Lipinski definition) is 5. The minimum atomic E-state index is 0.421. The van der Waals surface area contributed by atoms with Crippen molar-refractivity contribution in [2.45, 2.75) is 58.2 Å². The van der Waals surface area contributed by atoms with Crippen LogP contribution in [0.4, 0.5) is 0 Å². The summed E-state index contributed by atoms with van der Waals surface area (Å²) in [6.07, 6.45) is 7.45. The zero-order valence-electron chi connectivity index (χ0n) is 17.6. The van der Waals surface area contributed by atoms with E-state index in [0.29, 0.717) is 19.1 Å². The van der Waals surface area contributed by atoms with Gasteiger partial charge in [-0.15, -0.1) is 5.10 Å². The van der Waals surface area contributed by atoms with E-state index in [-0.39, 0.29) is 0 Å². The van der Waals surface area contributed by atoms with Gasteiger partial charge >= 0.3 is 0 Å². The Hall–Kier alpha value is -3.00. The van der Waals surface area contributed by atoms with E-state index in [2.05, 4.69) is 56.9 Å². The van der Waals surface area contributed by atoms with Gasteiger partial charge in [0.15, 0.2) is 10.8 Å². The molecule has 4 aromatic rings. The van der Waals surface area contributed by atoms with Gasteiger partial charge in [0.1, 0.15) is 5.76 Å². The number of benzene rings is 1. The highest BCUT2D eigenvalue weighted by Gasteiger charge is 2.26. The van der Waals surface area contributed by atoms with Gasteiger partial charge in [-0.1, -0.05) is 25.8 Å². The number of fused-ring (bicyclic) bond motifs is 3. The van der Waals surface area contributed by atoms with Gasteiger partial charge in [-0.3, -0.25) is 0 Å². The van der Waals surface area contributed by atoms with Crippen molar-refractivity contribution in [1.82, 2.24) is 30.3 Å². The Morgan fingerprint density at radius 3 is 2.90 bits per heavy atom. The highest BCUT2D eigenvalue weighted by atomic mass is 32.1. The number of furan rings is 1. The van der Waals surface area contributed by atoms with Crippen molar-refractivity contribution in [1.29, 1.82) is 0 Å². The summed E-state index contributed by atoms with van der Waals surface area (Å²) in [4.78, 5) is 2.31. The van der Waals surface area contributed by atoms with Gasteiger partial charge in [0.05, 0.1) is 18.3 Å². The van der Waals surface area contributed by atoms with E-state index in [1.807, 2.05) is 16.6 Å². The highest BCUT2D eigenvalue weighted by molar-refractivity contribution is 7.80. The number of aromatic nitrogens is 4. The fraction of sp³-hybridized carbons (Fsp3) is 0.391. The van der Waals surface area contributed by atoms with Gasteiger partial charge < -0.3 is 14.6 Å². The standard InChI is InChI=1S/C23H26N6OS/c1-2-16-9-10-21-17(12-16)13-18(22-25-26-27-29(21)22)15-28(19-6-3-4-7-19)23(31)24-14-20-8-5-11-30-20/h5,8-13,19H,2-4,6-7,14-15H2,1H3,(H,24,31). The number of pyridine rings is 1. The lowest BCUT2D eigenvalue weighted by atomic mass is 10.1. The average Bonchev–Trinajstić information content (AvgIpc) is 3.57. The summed E-state index contributed by atoms with van der Waals surface area (Å²) in [5.74, 6) is 0.871. The van der Waals surface area contributed by atoms with E-state index in [9.17, 15) is 0 Å². The Morgan fingerprint density at radius 1 is 1.26 bits per heavy atom. The Kier molecular flexibility index (Phi) is 5.55. The molecule has 0 spiro atoms. The monoisotopic (exact) mass is 434 g/mol. The Labute approximate surface area is 186 Å². The lowest BCUT2D eigenvalue weighted by Gasteiger charge is -2.31. The van der Waals surface area contributed by atoms with Gasteiger partial charge in [0.2, 0.25) is 0 Å². The summed E-state index contributed by atoms with van der Waals surface area (Å²) in [5.41, 5.74) is 4.19. The van der Waals surface area contributed by atoms with Gasteiger partial charge in [-0.05, 0) is 77.8 Å². The molecule has 31 heavy (non-hydrogen) atoms. The number of thiocarbonyl (C=S) groups is 1. The minimum Gasteiger partial charge on any atom is -0.467 e. The van der Waals surface area contributed by atoms with Crippen LogP contribution in [-0.2, 0) is 19.5 Å². The van der Waals surface area contributed by atoms with E-state index in [0.717, 1.165) is 52.2 Å². The van der Waals surface area contributed by atoms with Crippen LogP contribution in [0.2, 0.25) is 0 Å². The van der Waals surface area contributed by atoms with E-state index in [1.165, 1.54) is 18.4 Å². The SMILES string of the molecule is CCc1ccc2c(c1)cc(CN(C(=S)NCc1ccco1)C1CCCC1)c1nnnn12. The fourth-order valence-electron chi connectivity index (χ4n) is 4.49. The van der Waals surface area contributed by atoms with E-state index < -0.39 is 0 Å². The molecule has 8 heteroatoms. The summed E-state index contributed by atoms with van der Waals surface area (Å²) >= 11 is 5.84. The maximum Gasteiger partial charge on any atom is 0.184 e. The number of tetrazole rings is 1. The van der Waals surface area contributed by atoms with Crippen molar-refractivity contribution in [3.8, 4) is 0 Å². The second kappa shape index (κ2) is 8.63. The molecule has 0 amide bonds. The Morgan fingerprint density at radius 2 is 2.13 bits per heavy atom. The van der Waals surface area contributed by atoms with Crippen molar-refractivity contribution in [3.63, 3.8) is 0 Å². The normalized spacial score (nSPS) is 14.5. The first-order valence-electron chi connectivity index (χ1n) is 10.9. The van der Waals surface area contributed by atoms with Crippen LogP contribution >= 0.6 is 12.2 Å². The molecule has 1 aliphatic carbocycles. The Bertz CT molecular complexity index is 1200. The molecule has 1 saturated carbocycles. The molecular formula is C23H26N6OS. The third kappa shape index (κ3) is 3.99. The van der Waals surface area contributed by atoms with Crippen LogP contribution in [0, 0.1) is 0 Å². The molecule has 7 nitrogen and oxygen atoms in total. The zero-order chi connectivity index (χ0) is 21.2. The lowest BCUT2D eigenvalue weighted by Crippen LogP contribution is -2.44. The van der Waals surface area contributed by atoms with Crippen molar-refractivity contribution in [2.24, 2.45) is 0 Å². The quantitative estimate of drug-likeness (QED) is 0.455. The van der Waals surface area contributed by atoms with E-state index >= 15 is 0 Å². The first kappa shape index (κ1) is 19.9. The number of hydrogen-bond donors (Lipinski definition) is 1. The highest BCUT2D eigenvalue weighted by Crippen LogP contribution is 2.28. The number of rotatable bonds is 6. The number of nitrogens with one attached hydrogen (secondary N) is 1. The molecule has 1 aliphatic rings. The lowest BCUT2D eigenvalue weighted by molar-refractivity contribution is 0.302. The summed E-state index contributed by atoms with van der Waals surface area (Å²) in [5, 5.41) is 17.8. The van der Waals surface area contributed by atoms with Crippen molar-refractivity contribution in [3.05, 3.63) is 59.5 Å². The number of aryl methyl sites for hydroxylation is 1. The van der Waals surface area contributed by atoms with Crippen LogP contribution in [0.5, 0.6) is 0 Å². The zero-order valence-corrected chi connectivity index (χ0v) is 18.4. The molecule has 0 unspecified atom stereocenters. The van der Waals surface area contributed by atoms with Crippen LogP contribution in [0.1, 0.15) is 49.5 Å². The molecule has 0 saturated heterocycles. The molecule has 3 heterocycles. The van der Waals surface area contributed by atoms with Crippen molar-refractivity contribution >= 4 is 33.9 Å². The summed E-state index contributed by atoms with van der Waals surface area (Å²) in [6.45, 7) is 3.42. The van der Waals surface area contributed by atoms with E-state index in [1.54, 1.807) is 6.26 Å². The molecule has 160 valence electrons. The van der Waals surface area contributed by atoms with Crippen LogP contribution in [0.3, 0.4) is 0 Å². The van der Waals surface area contributed by atoms with E-state index in [4.69, 9.17) is 16.6 Å². The van der Waals surface area contributed by atoms with Crippen LogP contribution in [-0.4, -0.2) is 36.1 Å². The molecule has 5 rings (SSSR count). The van der Waals surface area contributed by atoms with Crippen LogP contribution in [0.15, 0.2) is 47.1 Å². The molecule has 0 radical (unpaired) electrons. The maximum atomic E-state index is 5.84. The largest absolute Gasteiger partial charge is 0.467 e. The minimum absolute atomic E-state index is 0.421. The molecule has 1 fully saturated rings. The fourth-order valence-corrected chi connectivity index (χ4v) is 4.78. The summed E-state index contributed by atoms with van der Waals surface area (Å²) in [6, 6.07) is 13.0. The first-order valence-corrected chi connectivity index (χ1v) is 11.3. The van der Waals surface area contributed by atoms with Crippen molar-refractivity contribution < 1.29 is 4.42 Å². The van der Waals surface area contributed by atoms with Gasteiger partial charge in [0, 0.05) is 23.5 Å². The second-order valence-corrected chi connectivity index (χ2v) is 8.52. The van der Waals surface area contributed by atoms with Crippen molar-refractivity contribution in [2.75, 3.05) is 0 Å². The third-order valence-corrected chi connectivity index (χ3v) is 6.55. The second-order valence-electron chi connectivity index (χ2n) is 8.13. The van der Waals surface area contributed by atoms with Crippen LogP contribution < -0.4 is 5.32 Å².